The van der Waals surface area contributed by atoms with E-state index in [1.54, 1.807) is 12.1 Å². The molecule has 3 aromatic rings. The largest absolute Gasteiger partial charge is 0.221 e. The van der Waals surface area contributed by atoms with Crippen LogP contribution in [0.5, 0.6) is 0 Å². The van der Waals surface area contributed by atoms with Gasteiger partial charge in [-0.25, -0.2) is 9.97 Å². The van der Waals surface area contributed by atoms with Crippen LogP contribution in [-0.2, 0) is 0 Å². The van der Waals surface area contributed by atoms with Crippen LogP contribution in [0.3, 0.4) is 0 Å². The molecule has 0 unspecified atom stereocenters. The van der Waals surface area contributed by atoms with Gasteiger partial charge in [-0.3, -0.25) is 0 Å². The minimum absolute atomic E-state index is 0.433. The van der Waals surface area contributed by atoms with Gasteiger partial charge >= 0.3 is 0 Å². The van der Waals surface area contributed by atoms with Gasteiger partial charge in [0.05, 0.1) is 10.7 Å². The van der Waals surface area contributed by atoms with Crippen molar-refractivity contribution in [3.63, 3.8) is 0 Å². The van der Waals surface area contributed by atoms with E-state index in [0.29, 0.717) is 31.5 Å². The maximum absolute atomic E-state index is 9.77. The van der Waals surface area contributed by atoms with Crippen LogP contribution >= 0.6 is 46.7 Å². The fourth-order valence-electron chi connectivity index (χ4n) is 2.27. The van der Waals surface area contributed by atoms with E-state index in [0.717, 1.165) is 16.0 Å². The second kappa shape index (κ2) is 8.32. The molecule has 0 amide bonds. The number of rotatable bonds is 4. The molecular formula is C19H13Cl2N3S2. The monoisotopic (exact) mass is 417 g/mol. The van der Waals surface area contributed by atoms with Crippen molar-refractivity contribution in [1.29, 1.82) is 5.26 Å². The lowest BCUT2D eigenvalue weighted by Gasteiger charge is -2.11. The Labute approximate surface area is 170 Å². The Balaban J connectivity index is 2.14. The Morgan fingerprint density at radius 2 is 1.77 bits per heavy atom. The van der Waals surface area contributed by atoms with Gasteiger partial charge in [0.25, 0.3) is 0 Å². The second-order valence-electron chi connectivity index (χ2n) is 5.39. The van der Waals surface area contributed by atoms with Gasteiger partial charge in [0.2, 0.25) is 0 Å². The molecule has 0 bridgehead atoms. The Hall–Kier alpha value is -1.71. The molecule has 0 N–H and O–H groups in total. The number of aromatic nitrogens is 2. The fraction of sp³-hybridized carbons (Fsp3) is 0.105. The summed E-state index contributed by atoms with van der Waals surface area (Å²) in [5, 5.41) is 12.0. The van der Waals surface area contributed by atoms with Crippen LogP contribution in [0.1, 0.15) is 11.1 Å². The molecule has 1 heterocycles. The van der Waals surface area contributed by atoms with Crippen LogP contribution < -0.4 is 0 Å². The standard InChI is InChI=1S/C19H13Cl2N3S2/c1-11-3-5-12(6-4-11)17-14(10-22)18(24-19(23-17)25-2)26-16-8-7-13(20)9-15(16)21/h3-9H,1-2H3. The van der Waals surface area contributed by atoms with Crippen molar-refractivity contribution in [1.82, 2.24) is 9.97 Å². The molecule has 26 heavy (non-hydrogen) atoms. The SMILES string of the molecule is CSc1nc(Sc2ccc(Cl)cc2Cl)c(C#N)c(-c2ccc(C)cc2)n1. The van der Waals surface area contributed by atoms with Crippen molar-refractivity contribution in [3.05, 3.63) is 63.6 Å². The Morgan fingerprint density at radius 1 is 1.04 bits per heavy atom. The summed E-state index contributed by atoms with van der Waals surface area (Å²) in [4.78, 5) is 9.87. The van der Waals surface area contributed by atoms with E-state index in [9.17, 15) is 5.26 Å². The molecule has 7 heteroatoms. The molecule has 3 nitrogen and oxygen atoms in total. The highest BCUT2D eigenvalue weighted by atomic mass is 35.5. The first kappa shape index (κ1) is 19.1. The number of halogens is 2. The number of benzene rings is 2. The van der Waals surface area contributed by atoms with Crippen molar-refractivity contribution < 1.29 is 0 Å². The lowest BCUT2D eigenvalue weighted by molar-refractivity contribution is 0.890. The summed E-state index contributed by atoms with van der Waals surface area (Å²) in [6.45, 7) is 2.02. The number of nitriles is 1. The third-order valence-electron chi connectivity index (χ3n) is 3.58. The number of thioether (sulfide) groups is 1. The van der Waals surface area contributed by atoms with E-state index in [4.69, 9.17) is 23.2 Å². The third-order valence-corrected chi connectivity index (χ3v) is 5.85. The minimum atomic E-state index is 0.433. The molecule has 0 saturated carbocycles. The molecule has 0 fully saturated rings. The van der Waals surface area contributed by atoms with Crippen LogP contribution in [0.2, 0.25) is 10.0 Å². The van der Waals surface area contributed by atoms with Gasteiger partial charge < -0.3 is 0 Å². The highest BCUT2D eigenvalue weighted by Crippen LogP contribution is 2.38. The Kier molecular flexibility index (Phi) is 6.10. The van der Waals surface area contributed by atoms with Crippen LogP contribution in [0, 0.1) is 18.3 Å². The van der Waals surface area contributed by atoms with Crippen molar-refractivity contribution in [3.8, 4) is 17.3 Å². The predicted octanol–water partition coefficient (Wildman–Crippen LogP) is 6.50. The van der Waals surface area contributed by atoms with Crippen molar-refractivity contribution >= 4 is 46.7 Å². The average molecular weight is 418 g/mol. The van der Waals surface area contributed by atoms with Gasteiger partial charge in [0.1, 0.15) is 16.7 Å². The molecule has 3 rings (SSSR count). The molecule has 0 aliphatic heterocycles. The van der Waals surface area contributed by atoms with Crippen molar-refractivity contribution in [2.45, 2.75) is 22.0 Å². The number of hydrogen-bond donors (Lipinski definition) is 0. The van der Waals surface area contributed by atoms with E-state index in [2.05, 4.69) is 16.0 Å². The first-order valence-corrected chi connectivity index (χ1v) is 10.4. The Bertz CT molecular complexity index is 999. The van der Waals surface area contributed by atoms with Crippen LogP contribution in [0.15, 0.2) is 57.5 Å². The fourth-order valence-corrected chi connectivity index (χ4v) is 4.09. The molecular weight excluding hydrogens is 405 g/mol. The lowest BCUT2D eigenvalue weighted by atomic mass is 10.1. The van der Waals surface area contributed by atoms with Gasteiger partial charge in [0.15, 0.2) is 5.16 Å². The smallest absolute Gasteiger partial charge is 0.189 e. The summed E-state index contributed by atoms with van der Waals surface area (Å²) in [5.41, 5.74) is 3.09. The summed E-state index contributed by atoms with van der Waals surface area (Å²) in [5.74, 6) is 0. The van der Waals surface area contributed by atoms with E-state index in [-0.39, 0.29) is 0 Å². The molecule has 0 radical (unpaired) electrons. The zero-order chi connectivity index (χ0) is 18.7. The van der Waals surface area contributed by atoms with Crippen molar-refractivity contribution in [2.75, 3.05) is 6.26 Å². The molecule has 0 aliphatic carbocycles. The zero-order valence-electron chi connectivity index (χ0n) is 14.0. The molecule has 0 saturated heterocycles. The van der Waals surface area contributed by atoms with Gasteiger partial charge in [-0.2, -0.15) is 5.26 Å². The lowest BCUT2D eigenvalue weighted by Crippen LogP contribution is -1.99. The average Bonchev–Trinajstić information content (AvgIpc) is 2.64. The molecule has 0 aliphatic rings. The zero-order valence-corrected chi connectivity index (χ0v) is 17.1. The molecule has 0 spiro atoms. The third kappa shape index (κ3) is 4.16. The molecule has 130 valence electrons. The highest BCUT2D eigenvalue weighted by molar-refractivity contribution is 7.99. The second-order valence-corrected chi connectivity index (χ2v) is 8.04. The molecule has 2 aromatic carbocycles. The summed E-state index contributed by atoms with van der Waals surface area (Å²) in [6.07, 6.45) is 1.91. The quantitative estimate of drug-likeness (QED) is 0.275. The number of nitrogens with zero attached hydrogens (tertiary/aromatic N) is 3. The van der Waals surface area contributed by atoms with Gasteiger partial charge in [-0.05, 0) is 31.4 Å². The van der Waals surface area contributed by atoms with Crippen molar-refractivity contribution in [2.24, 2.45) is 0 Å². The van der Waals surface area contributed by atoms with E-state index < -0.39 is 0 Å². The minimum Gasteiger partial charge on any atom is -0.221 e. The maximum Gasteiger partial charge on any atom is 0.189 e. The number of hydrogen-bond acceptors (Lipinski definition) is 5. The van der Waals surface area contributed by atoms with E-state index >= 15 is 0 Å². The van der Waals surface area contributed by atoms with Gasteiger partial charge in [-0.1, -0.05) is 76.6 Å². The van der Waals surface area contributed by atoms with Crippen LogP contribution in [0.25, 0.3) is 11.3 Å². The van der Waals surface area contributed by atoms with Gasteiger partial charge in [0, 0.05) is 15.5 Å². The first-order valence-electron chi connectivity index (χ1n) is 7.58. The van der Waals surface area contributed by atoms with Crippen LogP contribution in [-0.4, -0.2) is 16.2 Å². The summed E-state index contributed by atoms with van der Waals surface area (Å²) in [6, 6.07) is 15.4. The molecule has 1 aromatic heterocycles. The first-order chi connectivity index (χ1) is 12.5. The molecule has 0 atom stereocenters. The maximum atomic E-state index is 9.77. The summed E-state index contributed by atoms with van der Waals surface area (Å²) < 4.78 is 0. The summed E-state index contributed by atoms with van der Waals surface area (Å²) in [7, 11) is 0. The Morgan fingerprint density at radius 3 is 2.38 bits per heavy atom. The topological polar surface area (TPSA) is 49.6 Å². The van der Waals surface area contributed by atoms with E-state index in [1.165, 1.54) is 23.5 Å². The summed E-state index contributed by atoms with van der Waals surface area (Å²) >= 11 is 15.0. The van der Waals surface area contributed by atoms with Crippen LogP contribution in [0.4, 0.5) is 0 Å². The van der Waals surface area contributed by atoms with Gasteiger partial charge in [-0.15, -0.1) is 0 Å². The van der Waals surface area contributed by atoms with E-state index in [1.807, 2.05) is 43.5 Å². The predicted molar refractivity (Wildman–Crippen MR) is 109 cm³/mol. The normalized spacial score (nSPS) is 10.6. The number of aryl methyl sites for hydroxylation is 1. The highest BCUT2D eigenvalue weighted by Gasteiger charge is 2.18.